The average Bonchev–Trinajstić information content (AvgIpc) is 3.03. The molecule has 9 heteroatoms. The first kappa shape index (κ1) is 16.2. The van der Waals surface area contributed by atoms with Gasteiger partial charge in [0, 0.05) is 51.3 Å². The van der Waals surface area contributed by atoms with Crippen LogP contribution in [-0.4, -0.2) is 69.9 Å². The van der Waals surface area contributed by atoms with E-state index in [1.54, 1.807) is 23.5 Å². The van der Waals surface area contributed by atoms with Crippen molar-refractivity contribution in [3.8, 4) is 5.88 Å². The summed E-state index contributed by atoms with van der Waals surface area (Å²) >= 11 is 0. The quantitative estimate of drug-likeness (QED) is 0.799. The largest absolute Gasteiger partial charge is 0.471 e. The third kappa shape index (κ3) is 3.98. The molecular formula is C15H19N5O4. The van der Waals surface area contributed by atoms with Gasteiger partial charge in [-0.2, -0.15) is 0 Å². The zero-order valence-corrected chi connectivity index (χ0v) is 13.2. The molecule has 0 saturated carbocycles. The van der Waals surface area contributed by atoms with Crippen molar-refractivity contribution >= 4 is 17.8 Å². The summed E-state index contributed by atoms with van der Waals surface area (Å²) < 4.78 is 5.70. The van der Waals surface area contributed by atoms with Crippen LogP contribution in [0.4, 0.5) is 4.79 Å². The molecular weight excluding hydrogens is 314 g/mol. The van der Waals surface area contributed by atoms with E-state index in [-0.39, 0.29) is 30.8 Å². The smallest absolute Gasteiger partial charge is 0.324 e. The number of hydrogen-bond donors (Lipinski definition) is 1. The van der Waals surface area contributed by atoms with E-state index in [0.717, 1.165) is 6.42 Å². The van der Waals surface area contributed by atoms with Gasteiger partial charge in [0.2, 0.25) is 17.7 Å². The van der Waals surface area contributed by atoms with E-state index >= 15 is 0 Å². The van der Waals surface area contributed by atoms with Crippen molar-refractivity contribution in [1.82, 2.24) is 25.1 Å². The number of likely N-dealkylation sites (tertiary alicyclic amines) is 1. The van der Waals surface area contributed by atoms with Crippen molar-refractivity contribution in [1.29, 1.82) is 0 Å². The lowest BCUT2D eigenvalue weighted by Crippen LogP contribution is -2.50. The molecule has 128 valence electrons. The van der Waals surface area contributed by atoms with Gasteiger partial charge in [0.15, 0.2) is 0 Å². The van der Waals surface area contributed by atoms with Crippen molar-refractivity contribution in [2.75, 3.05) is 26.2 Å². The Kier molecular flexibility index (Phi) is 4.88. The van der Waals surface area contributed by atoms with Crippen LogP contribution in [0, 0.1) is 0 Å². The second-order valence-electron chi connectivity index (χ2n) is 5.75. The van der Waals surface area contributed by atoms with Crippen LogP contribution in [0.15, 0.2) is 18.6 Å². The van der Waals surface area contributed by atoms with Gasteiger partial charge in [0.1, 0.15) is 6.10 Å². The Hall–Kier alpha value is -2.71. The maximum atomic E-state index is 12.3. The van der Waals surface area contributed by atoms with Crippen LogP contribution in [0.3, 0.4) is 0 Å². The van der Waals surface area contributed by atoms with Crippen LogP contribution in [0.25, 0.3) is 0 Å². The highest BCUT2D eigenvalue weighted by Gasteiger charge is 2.29. The van der Waals surface area contributed by atoms with E-state index < -0.39 is 6.03 Å². The summed E-state index contributed by atoms with van der Waals surface area (Å²) in [6, 6.07) is -0.427. The van der Waals surface area contributed by atoms with Crippen LogP contribution >= 0.6 is 0 Å². The Morgan fingerprint density at radius 3 is 2.96 bits per heavy atom. The lowest BCUT2D eigenvalue weighted by atomic mass is 10.2. The van der Waals surface area contributed by atoms with Crippen molar-refractivity contribution in [3.05, 3.63) is 18.6 Å². The lowest BCUT2D eigenvalue weighted by molar-refractivity contribution is -0.130. The van der Waals surface area contributed by atoms with E-state index in [9.17, 15) is 14.4 Å². The van der Waals surface area contributed by atoms with Gasteiger partial charge in [0.05, 0.1) is 12.7 Å². The van der Waals surface area contributed by atoms with Crippen LogP contribution < -0.4 is 10.1 Å². The molecule has 1 aromatic rings. The first-order valence-corrected chi connectivity index (χ1v) is 7.91. The number of imide groups is 1. The molecule has 2 aliphatic rings. The number of rotatable bonds is 5. The molecule has 2 aliphatic heterocycles. The highest BCUT2D eigenvalue weighted by atomic mass is 16.5. The molecule has 1 N–H and O–H groups in total. The third-order valence-electron chi connectivity index (χ3n) is 4.06. The number of hydrogen-bond acceptors (Lipinski definition) is 6. The topological polar surface area (TPSA) is 105 Å². The summed E-state index contributed by atoms with van der Waals surface area (Å²) in [6.07, 6.45) is 5.82. The summed E-state index contributed by atoms with van der Waals surface area (Å²) in [5.74, 6) is 0.155. The number of ether oxygens (including phenoxy) is 1. The fourth-order valence-corrected chi connectivity index (χ4v) is 2.77. The Bertz CT molecular complexity index is 624. The maximum absolute atomic E-state index is 12.3. The molecule has 1 unspecified atom stereocenters. The first-order valence-electron chi connectivity index (χ1n) is 7.91. The van der Waals surface area contributed by atoms with Gasteiger partial charge in [-0.1, -0.05) is 0 Å². The van der Waals surface area contributed by atoms with Gasteiger partial charge in [-0.3, -0.25) is 19.9 Å². The van der Waals surface area contributed by atoms with Gasteiger partial charge < -0.3 is 14.5 Å². The number of carbonyl (C=O) groups is 3. The van der Waals surface area contributed by atoms with Crippen LogP contribution in [0.5, 0.6) is 5.88 Å². The monoisotopic (exact) mass is 333 g/mol. The minimum atomic E-state index is -0.427. The fraction of sp³-hybridized carbons (Fsp3) is 0.533. The molecule has 2 fully saturated rings. The van der Waals surface area contributed by atoms with E-state index in [0.29, 0.717) is 32.1 Å². The second kappa shape index (κ2) is 7.24. The number of nitrogens with zero attached hydrogens (tertiary/aromatic N) is 4. The molecule has 0 aliphatic carbocycles. The number of nitrogens with one attached hydrogen (secondary N) is 1. The number of aromatic nitrogens is 2. The van der Waals surface area contributed by atoms with E-state index in [4.69, 9.17) is 4.74 Å². The fourth-order valence-electron chi connectivity index (χ4n) is 2.77. The van der Waals surface area contributed by atoms with E-state index in [2.05, 4.69) is 15.3 Å². The lowest BCUT2D eigenvalue weighted by Gasteiger charge is -2.27. The molecule has 1 aromatic heterocycles. The van der Waals surface area contributed by atoms with E-state index in [1.807, 2.05) is 0 Å². The Balaban J connectivity index is 1.43. The van der Waals surface area contributed by atoms with E-state index in [1.165, 1.54) is 4.90 Å². The minimum Gasteiger partial charge on any atom is -0.471 e. The van der Waals surface area contributed by atoms with Gasteiger partial charge in [-0.25, -0.2) is 9.78 Å². The molecule has 4 amide bonds. The summed E-state index contributed by atoms with van der Waals surface area (Å²) in [5, 5.41) is 2.25. The molecule has 2 saturated heterocycles. The Morgan fingerprint density at radius 1 is 1.33 bits per heavy atom. The normalized spacial score (nSPS) is 20.9. The van der Waals surface area contributed by atoms with Gasteiger partial charge in [0.25, 0.3) is 0 Å². The molecule has 3 rings (SSSR count). The van der Waals surface area contributed by atoms with Crippen molar-refractivity contribution in [3.63, 3.8) is 0 Å². The van der Waals surface area contributed by atoms with Crippen molar-refractivity contribution in [2.24, 2.45) is 0 Å². The summed E-state index contributed by atoms with van der Waals surface area (Å²) in [6.45, 7) is 1.79. The van der Waals surface area contributed by atoms with Crippen molar-refractivity contribution < 1.29 is 19.1 Å². The van der Waals surface area contributed by atoms with Crippen LogP contribution in [-0.2, 0) is 9.59 Å². The predicted octanol–water partition coefficient (Wildman–Crippen LogP) is -0.212. The third-order valence-corrected chi connectivity index (χ3v) is 4.06. The molecule has 9 nitrogen and oxygen atoms in total. The van der Waals surface area contributed by atoms with Gasteiger partial charge >= 0.3 is 6.03 Å². The molecule has 1 atom stereocenters. The highest BCUT2D eigenvalue weighted by molar-refractivity contribution is 5.96. The average molecular weight is 333 g/mol. The molecule has 3 heterocycles. The summed E-state index contributed by atoms with van der Waals surface area (Å²) in [5.41, 5.74) is 0. The summed E-state index contributed by atoms with van der Waals surface area (Å²) in [4.78, 5) is 46.2. The SMILES string of the molecule is O=C1CCN(CCC(=O)N2CCC(Oc3cnccn3)C2)C(=O)N1. The second-order valence-corrected chi connectivity index (χ2v) is 5.75. The van der Waals surface area contributed by atoms with Crippen LogP contribution in [0.1, 0.15) is 19.3 Å². The van der Waals surface area contributed by atoms with Gasteiger partial charge in [-0.15, -0.1) is 0 Å². The maximum Gasteiger partial charge on any atom is 0.324 e. The molecule has 24 heavy (non-hydrogen) atoms. The zero-order chi connectivity index (χ0) is 16.9. The highest BCUT2D eigenvalue weighted by Crippen LogP contribution is 2.16. The first-order chi connectivity index (χ1) is 11.6. The number of amides is 4. The Labute approximate surface area is 139 Å². The van der Waals surface area contributed by atoms with Crippen molar-refractivity contribution in [2.45, 2.75) is 25.4 Å². The van der Waals surface area contributed by atoms with Gasteiger partial charge in [-0.05, 0) is 0 Å². The molecule has 0 bridgehead atoms. The molecule has 0 radical (unpaired) electrons. The standard InChI is InChI=1S/C15H19N5O4/c21-12-2-7-19(15(23)18-12)8-3-14(22)20-6-1-11(10-20)24-13-9-16-4-5-17-13/h4-5,9,11H,1-3,6-8,10H2,(H,18,21,23). The molecule has 0 aromatic carbocycles. The van der Waals surface area contributed by atoms with Crippen LogP contribution in [0.2, 0.25) is 0 Å². The Morgan fingerprint density at radius 2 is 2.21 bits per heavy atom. The zero-order valence-electron chi connectivity index (χ0n) is 13.2. The number of carbonyl (C=O) groups excluding carboxylic acids is 3. The molecule has 0 spiro atoms. The predicted molar refractivity (Wildman–Crippen MR) is 82.0 cm³/mol. The number of urea groups is 1. The summed E-state index contributed by atoms with van der Waals surface area (Å²) in [7, 11) is 0. The minimum absolute atomic E-state index is 0.0232.